The molecule has 12 saturated carbocycles. The number of rotatable bonds is 0. The van der Waals surface area contributed by atoms with E-state index in [1.807, 2.05) is 0 Å². The third-order valence-corrected chi connectivity index (χ3v) is 13.6. The Morgan fingerprint density at radius 1 is 0.435 bits per heavy atom. The Bertz CT molecular complexity index is 665. The van der Waals surface area contributed by atoms with Crippen molar-refractivity contribution >= 4 is 0 Å². The topological polar surface area (TPSA) is 12.5 Å². The Morgan fingerprint density at radius 2 is 0.739 bits per heavy atom. The van der Waals surface area contributed by atoms with Crippen LogP contribution >= 0.6 is 0 Å². The highest BCUT2D eigenvalue weighted by atomic mass is 16.6. The Hall–Kier alpha value is -0.0400. The van der Waals surface area contributed by atoms with Crippen molar-refractivity contribution in [3.05, 3.63) is 0 Å². The smallest absolute Gasteiger partial charge is 0.105 e. The molecule has 1 nitrogen and oxygen atoms in total. The van der Waals surface area contributed by atoms with E-state index in [1.54, 1.807) is 25.7 Å². The molecule has 0 radical (unpaired) electrons. The number of ether oxygens (including phenoxy) is 1. The van der Waals surface area contributed by atoms with Crippen LogP contribution in [0.1, 0.15) is 25.7 Å². The number of epoxide rings is 1. The highest BCUT2D eigenvalue weighted by Gasteiger charge is 3.02. The van der Waals surface area contributed by atoms with E-state index in [4.69, 9.17) is 4.74 Å². The van der Waals surface area contributed by atoms with E-state index in [9.17, 15) is 0 Å². The summed E-state index contributed by atoms with van der Waals surface area (Å²) in [6, 6.07) is 0. The molecule has 12 aliphatic carbocycles. The summed E-state index contributed by atoms with van der Waals surface area (Å²) in [4.78, 5) is 0. The zero-order valence-corrected chi connectivity index (χ0v) is 13.5. The Morgan fingerprint density at radius 3 is 1.04 bits per heavy atom. The fourth-order valence-electron chi connectivity index (χ4n) is 14.9. The summed E-state index contributed by atoms with van der Waals surface area (Å²) in [6.07, 6.45) is 6.61. The van der Waals surface area contributed by atoms with Gasteiger partial charge in [-0.05, 0) is 120 Å². The van der Waals surface area contributed by atoms with E-state index in [2.05, 4.69) is 0 Å². The standard InChI is InChI=1S/C22H24O/c1-5-6-2-10-13(5)17-9(1)14(6)18(10)21(17)22(23-21)19-11-3-7-8-4-12(15(7)19)20(22)16(8)11/h5-20H,1-4H2/t5-,6-,7-,8-,9+,10+,11+,12+,13-,14-,15-,16-,17-,18-,19-,20-/m0/s1. The summed E-state index contributed by atoms with van der Waals surface area (Å²) in [5.74, 6) is 18.4. The lowest BCUT2D eigenvalue weighted by Gasteiger charge is -2.33. The van der Waals surface area contributed by atoms with Gasteiger partial charge in [0.25, 0.3) is 0 Å². The molecule has 0 aromatic heterocycles. The van der Waals surface area contributed by atoms with Crippen LogP contribution in [0.4, 0.5) is 0 Å². The molecule has 23 heavy (non-hydrogen) atoms. The van der Waals surface area contributed by atoms with Gasteiger partial charge in [0, 0.05) is 0 Å². The van der Waals surface area contributed by atoms with E-state index in [1.165, 1.54) is 47.3 Å². The second-order valence-electron chi connectivity index (χ2n) is 12.4. The molecular formula is C22H24O. The van der Waals surface area contributed by atoms with E-state index in [-0.39, 0.29) is 0 Å². The SMILES string of the molecule is C1[C@@H]2[C@@H]3[C@H]4C[C@@H]5[C@H]([C@@H]14)[C@H]2C1(OC12[C@H]1[C@@H]4C[C@H]6[C@@H]7C[C@H]([C@H]61)[C@H]2[C@H]47)[C@@H]53. The van der Waals surface area contributed by atoms with E-state index in [0.29, 0.717) is 11.2 Å². The first kappa shape index (κ1) is 10.2. The largest absolute Gasteiger partial charge is 0.361 e. The minimum absolute atomic E-state index is 0.501. The molecule has 0 aromatic rings. The van der Waals surface area contributed by atoms with Gasteiger partial charge in [0.2, 0.25) is 0 Å². The van der Waals surface area contributed by atoms with Gasteiger partial charge in [-0.2, -0.15) is 0 Å². The van der Waals surface area contributed by atoms with Gasteiger partial charge in [0.15, 0.2) is 0 Å². The molecule has 2 spiro atoms. The van der Waals surface area contributed by atoms with Crippen LogP contribution in [-0.4, -0.2) is 11.2 Å². The van der Waals surface area contributed by atoms with Crippen LogP contribution in [0.25, 0.3) is 0 Å². The zero-order valence-electron chi connectivity index (χ0n) is 13.5. The number of hydrogen-bond donors (Lipinski definition) is 0. The molecule has 0 unspecified atom stereocenters. The molecule has 1 heteroatoms. The molecule has 0 amide bonds. The maximum Gasteiger partial charge on any atom is 0.105 e. The van der Waals surface area contributed by atoms with Gasteiger partial charge in [-0.15, -0.1) is 0 Å². The lowest BCUT2D eigenvalue weighted by molar-refractivity contribution is 0.132. The van der Waals surface area contributed by atoms with E-state index in [0.717, 1.165) is 47.3 Å². The summed E-state index contributed by atoms with van der Waals surface area (Å²) in [7, 11) is 0. The summed E-state index contributed by atoms with van der Waals surface area (Å²) in [5.41, 5.74) is 1.00. The summed E-state index contributed by atoms with van der Waals surface area (Å²) < 4.78 is 7.34. The van der Waals surface area contributed by atoms with Gasteiger partial charge in [0.1, 0.15) is 11.2 Å². The third kappa shape index (κ3) is 0.560. The maximum absolute atomic E-state index is 7.34. The molecule has 0 aromatic carbocycles. The minimum Gasteiger partial charge on any atom is -0.361 e. The van der Waals surface area contributed by atoms with Gasteiger partial charge >= 0.3 is 0 Å². The van der Waals surface area contributed by atoms with Crippen molar-refractivity contribution in [1.29, 1.82) is 0 Å². The molecule has 13 aliphatic rings. The van der Waals surface area contributed by atoms with Crippen molar-refractivity contribution in [3.63, 3.8) is 0 Å². The Balaban J connectivity index is 1.23. The summed E-state index contributed by atoms with van der Waals surface area (Å²) in [5, 5.41) is 0. The van der Waals surface area contributed by atoms with Crippen molar-refractivity contribution in [3.8, 4) is 0 Å². The van der Waals surface area contributed by atoms with Crippen LogP contribution in [-0.2, 0) is 4.74 Å². The van der Waals surface area contributed by atoms with Crippen LogP contribution in [0.3, 0.4) is 0 Å². The molecule has 13 rings (SSSR count). The van der Waals surface area contributed by atoms with E-state index < -0.39 is 0 Å². The average molecular weight is 304 g/mol. The van der Waals surface area contributed by atoms with Crippen LogP contribution in [0.5, 0.6) is 0 Å². The molecule has 1 saturated heterocycles. The van der Waals surface area contributed by atoms with Crippen molar-refractivity contribution in [2.24, 2.45) is 94.7 Å². The van der Waals surface area contributed by atoms with Crippen LogP contribution in [0, 0.1) is 94.7 Å². The van der Waals surface area contributed by atoms with Crippen molar-refractivity contribution in [2.75, 3.05) is 0 Å². The third-order valence-electron chi connectivity index (χ3n) is 13.6. The lowest BCUT2D eigenvalue weighted by atomic mass is 9.71. The zero-order chi connectivity index (χ0) is 13.8. The monoisotopic (exact) mass is 304 g/mol. The van der Waals surface area contributed by atoms with Gasteiger partial charge in [-0.1, -0.05) is 0 Å². The van der Waals surface area contributed by atoms with Crippen LogP contribution in [0.15, 0.2) is 0 Å². The first-order valence-corrected chi connectivity index (χ1v) is 11.1. The molecule has 16 atom stereocenters. The van der Waals surface area contributed by atoms with E-state index >= 15 is 0 Å². The van der Waals surface area contributed by atoms with Gasteiger partial charge < -0.3 is 4.74 Å². The molecular weight excluding hydrogens is 280 g/mol. The molecule has 12 bridgehead atoms. The molecule has 118 valence electrons. The Kier molecular flexibility index (Phi) is 1.01. The highest BCUT2D eigenvalue weighted by Crippen LogP contribution is 2.98. The molecule has 1 heterocycles. The van der Waals surface area contributed by atoms with Gasteiger partial charge in [0.05, 0.1) is 0 Å². The second kappa shape index (κ2) is 2.29. The number of hydrogen-bond acceptors (Lipinski definition) is 1. The fraction of sp³-hybridized carbons (Fsp3) is 1.00. The van der Waals surface area contributed by atoms with Gasteiger partial charge in [-0.3, -0.25) is 0 Å². The van der Waals surface area contributed by atoms with Crippen LogP contribution in [0.2, 0.25) is 0 Å². The van der Waals surface area contributed by atoms with Crippen molar-refractivity contribution in [2.45, 2.75) is 36.9 Å². The second-order valence-corrected chi connectivity index (χ2v) is 12.4. The predicted molar refractivity (Wildman–Crippen MR) is 80.9 cm³/mol. The quantitative estimate of drug-likeness (QED) is 0.627. The average Bonchev–Trinajstić information content (AvgIpc) is 3.20. The normalized spacial score (nSPS) is 97.0. The molecule has 0 N–H and O–H groups in total. The molecule has 1 aliphatic heterocycles. The Labute approximate surface area is 136 Å². The van der Waals surface area contributed by atoms with Gasteiger partial charge in [-0.25, -0.2) is 0 Å². The van der Waals surface area contributed by atoms with Crippen LogP contribution < -0.4 is 0 Å². The summed E-state index contributed by atoms with van der Waals surface area (Å²) >= 11 is 0. The maximum atomic E-state index is 7.34. The van der Waals surface area contributed by atoms with Crippen molar-refractivity contribution < 1.29 is 4.74 Å². The predicted octanol–water partition coefficient (Wildman–Crippen LogP) is 3.05. The van der Waals surface area contributed by atoms with Crippen molar-refractivity contribution in [1.82, 2.24) is 0 Å². The first-order chi connectivity index (χ1) is 11.4. The molecule has 13 fully saturated rings. The first-order valence-electron chi connectivity index (χ1n) is 11.1. The fourth-order valence-corrected chi connectivity index (χ4v) is 14.9. The highest BCUT2D eigenvalue weighted by molar-refractivity contribution is 5.49. The minimum atomic E-state index is 0.501. The lowest BCUT2D eigenvalue weighted by Crippen LogP contribution is -2.37. The summed E-state index contributed by atoms with van der Waals surface area (Å²) in [6.45, 7) is 0.